The van der Waals surface area contributed by atoms with Crippen LogP contribution in [0.2, 0.25) is 0 Å². The van der Waals surface area contributed by atoms with Gasteiger partial charge in [0.15, 0.2) is 0 Å². The summed E-state index contributed by atoms with van der Waals surface area (Å²) in [7, 11) is 0. The molecule has 1 saturated carbocycles. The van der Waals surface area contributed by atoms with Crippen LogP contribution in [0.15, 0.2) is 0 Å². The van der Waals surface area contributed by atoms with Crippen molar-refractivity contribution in [3.8, 4) is 0 Å². The van der Waals surface area contributed by atoms with Crippen LogP contribution < -0.4 is 0 Å². The van der Waals surface area contributed by atoms with E-state index >= 15 is 0 Å². The Kier molecular flexibility index (Phi) is 3.85. The van der Waals surface area contributed by atoms with E-state index in [1.165, 1.54) is 0 Å². The summed E-state index contributed by atoms with van der Waals surface area (Å²) in [5.74, 6) is 0.691. The molecule has 0 unspecified atom stereocenters. The highest BCUT2D eigenvalue weighted by Crippen LogP contribution is 2.37. The Morgan fingerprint density at radius 1 is 1.35 bits per heavy atom. The third-order valence-electron chi connectivity index (χ3n) is 4.35. The quantitative estimate of drug-likeness (QED) is 0.740. The zero-order valence-corrected chi connectivity index (χ0v) is 10.9. The molecule has 3 atom stereocenters. The number of Topliss-reactive ketones (excluding diaryl/α,β-unsaturated/α-hetero) is 1. The van der Waals surface area contributed by atoms with Gasteiger partial charge in [-0.05, 0) is 32.1 Å². The van der Waals surface area contributed by atoms with Crippen LogP contribution in [0, 0.1) is 5.92 Å². The van der Waals surface area contributed by atoms with Gasteiger partial charge in [-0.1, -0.05) is 13.3 Å². The van der Waals surface area contributed by atoms with Gasteiger partial charge >= 0.3 is 0 Å². The van der Waals surface area contributed by atoms with Gasteiger partial charge in [-0.2, -0.15) is 0 Å². The number of fused-ring (bicyclic) bond motifs is 1. The Balaban J connectivity index is 2.18. The SMILES string of the molecule is CCC[C@H]1CC[C@@H]2C(=O)CCC[C@@H]2N1C(C)=O. The first-order chi connectivity index (χ1) is 8.15. The minimum Gasteiger partial charge on any atom is -0.336 e. The molecule has 1 amide bonds. The number of carbonyl (C=O) groups excluding carboxylic acids is 2. The van der Waals surface area contributed by atoms with Gasteiger partial charge in [0.2, 0.25) is 5.91 Å². The van der Waals surface area contributed by atoms with Gasteiger partial charge in [0.1, 0.15) is 5.78 Å². The molecule has 96 valence electrons. The molecule has 0 aromatic rings. The molecule has 0 spiro atoms. The van der Waals surface area contributed by atoms with Gasteiger partial charge in [0.25, 0.3) is 0 Å². The number of amides is 1. The number of likely N-dealkylation sites (tertiary alicyclic amines) is 1. The molecule has 3 nitrogen and oxygen atoms in total. The Morgan fingerprint density at radius 2 is 2.12 bits per heavy atom. The van der Waals surface area contributed by atoms with Crippen LogP contribution in [0.5, 0.6) is 0 Å². The van der Waals surface area contributed by atoms with Crippen molar-refractivity contribution in [1.82, 2.24) is 4.90 Å². The second-order valence-electron chi connectivity index (χ2n) is 5.48. The van der Waals surface area contributed by atoms with E-state index in [1.807, 2.05) is 4.90 Å². The molecule has 1 heterocycles. The summed E-state index contributed by atoms with van der Waals surface area (Å²) < 4.78 is 0. The minimum absolute atomic E-state index is 0.140. The fraction of sp³-hybridized carbons (Fsp3) is 0.857. The molecule has 3 heteroatoms. The van der Waals surface area contributed by atoms with Crippen molar-refractivity contribution in [3.05, 3.63) is 0 Å². The number of rotatable bonds is 2. The highest BCUT2D eigenvalue weighted by Gasteiger charge is 2.42. The fourth-order valence-electron chi connectivity index (χ4n) is 3.66. The van der Waals surface area contributed by atoms with Gasteiger partial charge in [0, 0.05) is 31.3 Å². The van der Waals surface area contributed by atoms with E-state index < -0.39 is 0 Å². The van der Waals surface area contributed by atoms with Crippen molar-refractivity contribution in [2.24, 2.45) is 5.92 Å². The largest absolute Gasteiger partial charge is 0.336 e. The average Bonchev–Trinajstić information content (AvgIpc) is 2.29. The Hall–Kier alpha value is -0.860. The summed E-state index contributed by atoms with van der Waals surface area (Å²) in [6.07, 6.45) is 6.92. The standard InChI is InChI=1S/C14H23NO2/c1-3-5-11-8-9-12-13(15(11)10(2)16)6-4-7-14(12)17/h11-13H,3-9H2,1-2H3/t11-,12-,13-/m0/s1. The molecule has 0 aromatic heterocycles. The van der Waals surface area contributed by atoms with Crippen molar-refractivity contribution >= 4 is 11.7 Å². The summed E-state index contributed by atoms with van der Waals surface area (Å²) in [6.45, 7) is 3.82. The first-order valence-corrected chi connectivity index (χ1v) is 6.96. The summed E-state index contributed by atoms with van der Waals surface area (Å²) >= 11 is 0. The van der Waals surface area contributed by atoms with Gasteiger partial charge in [-0.25, -0.2) is 0 Å². The average molecular weight is 237 g/mol. The van der Waals surface area contributed by atoms with E-state index in [-0.39, 0.29) is 17.9 Å². The lowest BCUT2D eigenvalue weighted by Crippen LogP contribution is -2.56. The Bertz CT molecular complexity index is 313. The molecule has 0 bridgehead atoms. The smallest absolute Gasteiger partial charge is 0.219 e. The molecule has 2 aliphatic rings. The minimum atomic E-state index is 0.140. The van der Waals surface area contributed by atoms with E-state index in [2.05, 4.69) is 6.92 Å². The topological polar surface area (TPSA) is 37.4 Å². The first kappa shape index (κ1) is 12.6. The zero-order chi connectivity index (χ0) is 12.4. The highest BCUT2D eigenvalue weighted by atomic mass is 16.2. The second-order valence-corrected chi connectivity index (χ2v) is 5.48. The maximum absolute atomic E-state index is 11.9. The van der Waals surface area contributed by atoms with E-state index in [0.29, 0.717) is 11.8 Å². The maximum Gasteiger partial charge on any atom is 0.219 e. The number of nitrogens with zero attached hydrogens (tertiary/aromatic N) is 1. The molecule has 0 aromatic carbocycles. The normalized spacial score (nSPS) is 33.4. The van der Waals surface area contributed by atoms with Gasteiger partial charge in [-0.15, -0.1) is 0 Å². The van der Waals surface area contributed by atoms with Crippen LogP contribution in [-0.4, -0.2) is 28.7 Å². The number of piperidine rings is 1. The maximum atomic E-state index is 11.9. The van der Waals surface area contributed by atoms with Crippen LogP contribution in [0.25, 0.3) is 0 Å². The molecule has 2 rings (SSSR count). The molecule has 17 heavy (non-hydrogen) atoms. The van der Waals surface area contributed by atoms with Crippen molar-refractivity contribution < 1.29 is 9.59 Å². The van der Waals surface area contributed by atoms with Gasteiger partial charge < -0.3 is 4.90 Å². The van der Waals surface area contributed by atoms with Crippen LogP contribution >= 0.6 is 0 Å². The number of hydrogen-bond acceptors (Lipinski definition) is 2. The van der Waals surface area contributed by atoms with Gasteiger partial charge in [0.05, 0.1) is 0 Å². The first-order valence-electron chi connectivity index (χ1n) is 6.96. The number of hydrogen-bond donors (Lipinski definition) is 0. The molecule has 2 fully saturated rings. The second kappa shape index (κ2) is 5.19. The molecule has 1 aliphatic carbocycles. The Morgan fingerprint density at radius 3 is 2.76 bits per heavy atom. The predicted molar refractivity (Wildman–Crippen MR) is 66.6 cm³/mol. The predicted octanol–water partition coefficient (Wildman–Crippen LogP) is 2.54. The molecular weight excluding hydrogens is 214 g/mol. The van der Waals surface area contributed by atoms with Crippen LogP contribution in [0.4, 0.5) is 0 Å². The summed E-state index contributed by atoms with van der Waals surface area (Å²) in [6, 6.07) is 0.587. The number of ketones is 1. The number of carbonyl (C=O) groups is 2. The van der Waals surface area contributed by atoms with E-state index in [1.54, 1.807) is 6.92 Å². The Labute approximate surface area is 104 Å². The highest BCUT2D eigenvalue weighted by molar-refractivity contribution is 5.84. The van der Waals surface area contributed by atoms with Crippen molar-refractivity contribution in [2.45, 2.75) is 70.9 Å². The van der Waals surface area contributed by atoms with Crippen molar-refractivity contribution in [1.29, 1.82) is 0 Å². The van der Waals surface area contributed by atoms with E-state index in [9.17, 15) is 9.59 Å². The summed E-state index contributed by atoms with van der Waals surface area (Å²) in [5.41, 5.74) is 0. The van der Waals surface area contributed by atoms with Crippen LogP contribution in [0.3, 0.4) is 0 Å². The molecule has 1 saturated heterocycles. The summed E-state index contributed by atoms with van der Waals surface area (Å²) in [5, 5.41) is 0. The van der Waals surface area contributed by atoms with Crippen molar-refractivity contribution in [3.63, 3.8) is 0 Å². The lowest BCUT2D eigenvalue weighted by molar-refractivity contribution is -0.144. The van der Waals surface area contributed by atoms with Crippen LogP contribution in [-0.2, 0) is 9.59 Å². The lowest BCUT2D eigenvalue weighted by atomic mass is 9.75. The molecule has 0 N–H and O–H groups in total. The summed E-state index contributed by atoms with van der Waals surface area (Å²) in [4.78, 5) is 25.8. The molecule has 0 radical (unpaired) electrons. The fourth-order valence-corrected chi connectivity index (χ4v) is 3.66. The van der Waals surface area contributed by atoms with Crippen molar-refractivity contribution in [2.75, 3.05) is 0 Å². The van der Waals surface area contributed by atoms with E-state index in [0.717, 1.165) is 44.9 Å². The zero-order valence-electron chi connectivity index (χ0n) is 10.9. The monoisotopic (exact) mass is 237 g/mol. The van der Waals surface area contributed by atoms with Crippen LogP contribution in [0.1, 0.15) is 58.8 Å². The van der Waals surface area contributed by atoms with Gasteiger partial charge in [-0.3, -0.25) is 9.59 Å². The van der Waals surface area contributed by atoms with E-state index in [4.69, 9.17) is 0 Å². The third kappa shape index (κ3) is 2.38. The molecule has 1 aliphatic heterocycles. The lowest BCUT2D eigenvalue weighted by Gasteiger charge is -2.47. The third-order valence-corrected chi connectivity index (χ3v) is 4.35. The molecular formula is C14H23NO2.